The first-order chi connectivity index (χ1) is 16.9. The molecular weight excluding hydrogens is 462 g/mol. The van der Waals surface area contributed by atoms with Gasteiger partial charge in [0.05, 0.1) is 21.4 Å². The molecule has 8 nitrogen and oxygen atoms in total. The summed E-state index contributed by atoms with van der Waals surface area (Å²) in [6, 6.07) is 14.6. The molecule has 0 aliphatic heterocycles. The van der Waals surface area contributed by atoms with Gasteiger partial charge in [-0.25, -0.2) is 13.4 Å². The van der Waals surface area contributed by atoms with Crippen molar-refractivity contribution < 1.29 is 13.2 Å². The third-order valence-corrected chi connectivity index (χ3v) is 8.10. The fraction of sp³-hybridized carbons (Fsp3) is 0.346. The number of aromatic nitrogens is 3. The Hall–Kier alpha value is -3.30. The molecule has 1 amide bonds. The molecule has 184 valence electrons. The maximum Gasteiger partial charge on any atom is 0.243 e. The molecular formula is C26H31N5O3S. The van der Waals surface area contributed by atoms with E-state index in [9.17, 15) is 13.2 Å². The van der Waals surface area contributed by atoms with Crippen molar-refractivity contribution in [1.29, 1.82) is 0 Å². The average molecular weight is 494 g/mol. The molecule has 0 fully saturated rings. The van der Waals surface area contributed by atoms with Crippen LogP contribution in [0.2, 0.25) is 0 Å². The molecule has 0 aliphatic carbocycles. The Balaban J connectivity index is 1.54. The normalized spacial score (nSPS) is 12.0. The minimum Gasteiger partial charge on any atom is -0.328 e. The highest BCUT2D eigenvalue weighted by atomic mass is 32.2. The number of hydrogen-bond acceptors (Lipinski definition) is 5. The van der Waals surface area contributed by atoms with Crippen LogP contribution < -0.4 is 5.32 Å². The average Bonchev–Trinajstić information content (AvgIpc) is 3.20. The number of hydrogen-bond donors (Lipinski definition) is 1. The molecule has 2 heterocycles. The lowest BCUT2D eigenvalue weighted by Crippen LogP contribution is -2.30. The highest BCUT2D eigenvalue weighted by molar-refractivity contribution is 7.89. The summed E-state index contributed by atoms with van der Waals surface area (Å²) in [5.41, 5.74) is 3.11. The van der Waals surface area contributed by atoms with Gasteiger partial charge in [0.25, 0.3) is 0 Å². The van der Waals surface area contributed by atoms with Crippen LogP contribution in [-0.2, 0) is 27.8 Å². The Bertz CT molecular complexity index is 1460. The number of pyridine rings is 1. The van der Waals surface area contributed by atoms with E-state index in [0.717, 1.165) is 40.9 Å². The molecule has 0 saturated carbocycles. The lowest BCUT2D eigenvalue weighted by molar-refractivity contribution is -0.116. The van der Waals surface area contributed by atoms with Crippen LogP contribution in [0.4, 0.5) is 5.69 Å². The van der Waals surface area contributed by atoms with Crippen molar-refractivity contribution >= 4 is 43.6 Å². The van der Waals surface area contributed by atoms with E-state index in [0.29, 0.717) is 25.0 Å². The van der Waals surface area contributed by atoms with Gasteiger partial charge in [0.1, 0.15) is 5.82 Å². The molecule has 0 spiro atoms. The van der Waals surface area contributed by atoms with Crippen molar-refractivity contribution in [2.45, 2.75) is 51.5 Å². The van der Waals surface area contributed by atoms with Gasteiger partial charge in [-0.2, -0.15) is 4.31 Å². The monoisotopic (exact) mass is 493 g/mol. The van der Waals surface area contributed by atoms with E-state index in [4.69, 9.17) is 4.98 Å². The number of anilines is 1. The van der Waals surface area contributed by atoms with Crippen molar-refractivity contribution in [1.82, 2.24) is 18.8 Å². The number of carbonyl (C=O) groups excluding carboxylic acids is 1. The molecule has 4 aromatic rings. The molecule has 9 heteroatoms. The fourth-order valence-corrected chi connectivity index (χ4v) is 5.78. The van der Waals surface area contributed by atoms with Crippen LogP contribution in [0.25, 0.3) is 21.9 Å². The molecule has 0 atom stereocenters. The van der Waals surface area contributed by atoms with Crippen molar-refractivity contribution in [3.63, 3.8) is 0 Å². The summed E-state index contributed by atoms with van der Waals surface area (Å²) in [7, 11) is -3.57. The summed E-state index contributed by atoms with van der Waals surface area (Å²) in [5, 5.41) is 3.92. The van der Waals surface area contributed by atoms with Crippen molar-refractivity contribution in [2.24, 2.45) is 0 Å². The lowest BCUT2D eigenvalue weighted by Gasteiger charge is -2.18. The van der Waals surface area contributed by atoms with Crippen LogP contribution in [-0.4, -0.2) is 46.3 Å². The minimum absolute atomic E-state index is 0.104. The zero-order valence-electron chi connectivity index (χ0n) is 20.4. The minimum atomic E-state index is -3.57. The summed E-state index contributed by atoms with van der Waals surface area (Å²) >= 11 is 0. The van der Waals surface area contributed by atoms with E-state index in [1.165, 1.54) is 4.31 Å². The number of rotatable bonds is 10. The number of nitrogens with zero attached hydrogens (tertiary/aromatic N) is 4. The first-order valence-electron chi connectivity index (χ1n) is 12.0. The number of fused-ring (bicyclic) bond motifs is 2. The van der Waals surface area contributed by atoms with Gasteiger partial charge in [0, 0.05) is 49.7 Å². The summed E-state index contributed by atoms with van der Waals surface area (Å²) in [5.74, 6) is 0.672. The SMILES string of the molecule is CCCn1c(CCC(=O)Nc2ccc3ncccc3c2)nc2cc(S(=O)(=O)N(CC)CC)ccc21. The summed E-state index contributed by atoms with van der Waals surface area (Å²) in [4.78, 5) is 22.0. The van der Waals surface area contributed by atoms with Crippen LogP contribution >= 0.6 is 0 Å². The third kappa shape index (κ3) is 5.21. The molecule has 0 radical (unpaired) electrons. The highest BCUT2D eigenvalue weighted by Crippen LogP contribution is 2.24. The van der Waals surface area contributed by atoms with Crippen LogP contribution in [0, 0.1) is 0 Å². The maximum absolute atomic E-state index is 13.0. The number of sulfonamides is 1. The predicted octanol–water partition coefficient (Wildman–Crippen LogP) is 4.60. The van der Waals surface area contributed by atoms with Gasteiger partial charge in [-0.05, 0) is 48.9 Å². The molecule has 0 unspecified atom stereocenters. The molecule has 2 aromatic heterocycles. The molecule has 0 bridgehead atoms. The van der Waals surface area contributed by atoms with Crippen LogP contribution in [0.1, 0.15) is 39.4 Å². The van der Waals surface area contributed by atoms with Gasteiger partial charge in [-0.1, -0.05) is 26.8 Å². The number of imidazole rings is 1. The van der Waals surface area contributed by atoms with Gasteiger partial charge in [0.15, 0.2) is 0 Å². The molecule has 1 N–H and O–H groups in total. The second-order valence-electron chi connectivity index (χ2n) is 8.38. The van der Waals surface area contributed by atoms with E-state index in [1.807, 2.05) is 50.2 Å². The van der Waals surface area contributed by atoms with Crippen LogP contribution in [0.3, 0.4) is 0 Å². The lowest BCUT2D eigenvalue weighted by atomic mass is 10.2. The maximum atomic E-state index is 13.0. The third-order valence-electron chi connectivity index (χ3n) is 6.05. The fourth-order valence-electron chi connectivity index (χ4n) is 4.30. The molecule has 2 aromatic carbocycles. The zero-order chi connectivity index (χ0) is 25.0. The standard InChI is InChI=1S/C26H31N5O3S/c1-4-16-31-24-12-10-21(35(33,34)30(5-2)6-3)18-23(24)29-25(31)13-14-26(32)28-20-9-11-22-19(17-20)8-7-15-27-22/h7-12,15,17-18H,4-6,13-14,16H2,1-3H3,(H,28,32). The van der Waals surface area contributed by atoms with Gasteiger partial charge in [0.2, 0.25) is 15.9 Å². The molecule has 0 aliphatic rings. The Labute approximate surface area is 206 Å². The number of nitrogens with one attached hydrogen (secondary N) is 1. The highest BCUT2D eigenvalue weighted by Gasteiger charge is 2.23. The predicted molar refractivity (Wildman–Crippen MR) is 139 cm³/mol. The van der Waals surface area contributed by atoms with Gasteiger partial charge < -0.3 is 9.88 Å². The van der Waals surface area contributed by atoms with Crippen LogP contribution in [0.5, 0.6) is 0 Å². The Morgan fingerprint density at radius 2 is 1.83 bits per heavy atom. The van der Waals surface area contributed by atoms with Crippen molar-refractivity contribution in [3.8, 4) is 0 Å². The summed E-state index contributed by atoms with van der Waals surface area (Å²) in [6.07, 6.45) is 3.36. The first kappa shape index (κ1) is 24.8. The van der Waals surface area contributed by atoms with Crippen molar-refractivity contribution in [2.75, 3.05) is 18.4 Å². The van der Waals surface area contributed by atoms with E-state index >= 15 is 0 Å². The molecule has 0 saturated heterocycles. The number of amides is 1. The van der Waals surface area contributed by atoms with E-state index in [1.54, 1.807) is 18.3 Å². The number of aryl methyl sites for hydroxylation is 2. The van der Waals surface area contributed by atoms with Crippen LogP contribution in [0.15, 0.2) is 59.6 Å². The topological polar surface area (TPSA) is 97.2 Å². The van der Waals surface area contributed by atoms with E-state index < -0.39 is 10.0 Å². The second-order valence-corrected chi connectivity index (χ2v) is 10.3. The smallest absolute Gasteiger partial charge is 0.243 e. The largest absolute Gasteiger partial charge is 0.328 e. The quantitative estimate of drug-likeness (QED) is 0.348. The summed E-state index contributed by atoms with van der Waals surface area (Å²) in [6.45, 7) is 7.30. The molecule has 35 heavy (non-hydrogen) atoms. The second kappa shape index (κ2) is 10.5. The van der Waals surface area contributed by atoms with Crippen molar-refractivity contribution in [3.05, 3.63) is 60.6 Å². The Kier molecular flexibility index (Phi) is 7.47. The van der Waals surface area contributed by atoms with Gasteiger partial charge in [-0.15, -0.1) is 0 Å². The van der Waals surface area contributed by atoms with Gasteiger partial charge in [-0.3, -0.25) is 9.78 Å². The van der Waals surface area contributed by atoms with Gasteiger partial charge >= 0.3 is 0 Å². The van der Waals surface area contributed by atoms with E-state index in [-0.39, 0.29) is 17.2 Å². The Morgan fingerprint density at radius 3 is 2.57 bits per heavy atom. The number of benzene rings is 2. The Morgan fingerprint density at radius 1 is 1.03 bits per heavy atom. The molecule has 4 rings (SSSR count). The number of carbonyl (C=O) groups is 1. The first-order valence-corrected chi connectivity index (χ1v) is 13.4. The summed E-state index contributed by atoms with van der Waals surface area (Å²) < 4.78 is 29.4. The van der Waals surface area contributed by atoms with E-state index in [2.05, 4.69) is 21.8 Å². The zero-order valence-corrected chi connectivity index (χ0v) is 21.2.